The van der Waals surface area contributed by atoms with E-state index in [1.807, 2.05) is 6.08 Å². The number of sulfonamides is 1. The van der Waals surface area contributed by atoms with Gasteiger partial charge in [-0.3, -0.25) is 9.21 Å². The second-order valence-corrected chi connectivity index (χ2v) is 13.2. The van der Waals surface area contributed by atoms with Gasteiger partial charge in [0.05, 0.1) is 36.6 Å². The monoisotopic (exact) mass is 620 g/mol. The number of rotatable bonds is 8. The lowest BCUT2D eigenvalue weighted by Crippen LogP contribution is -2.44. The molecule has 2 N–H and O–H groups in total. The number of alkyl halides is 2. The normalized spacial score (nSPS) is 21.0. The molecule has 42 heavy (non-hydrogen) atoms. The van der Waals surface area contributed by atoms with Gasteiger partial charge in [0.1, 0.15) is 10.8 Å². The molecule has 1 unspecified atom stereocenters. The van der Waals surface area contributed by atoms with Crippen LogP contribution in [0.15, 0.2) is 65.2 Å². The van der Waals surface area contributed by atoms with Gasteiger partial charge in [-0.25, -0.2) is 22.2 Å². The Morgan fingerprint density at radius 3 is 2.62 bits per heavy atom. The molecule has 2 aliphatic carbocycles. The van der Waals surface area contributed by atoms with Crippen LogP contribution in [-0.4, -0.2) is 68.8 Å². The maximum absolute atomic E-state index is 13.7. The minimum atomic E-state index is -3.49. The number of halogens is 3. The van der Waals surface area contributed by atoms with Crippen molar-refractivity contribution in [2.24, 2.45) is 0 Å². The highest BCUT2D eigenvalue weighted by Gasteiger charge is 2.36. The van der Waals surface area contributed by atoms with Gasteiger partial charge < -0.3 is 15.4 Å². The average molecular weight is 621 g/mol. The molecule has 3 aliphatic rings. The van der Waals surface area contributed by atoms with Crippen molar-refractivity contribution >= 4 is 44.8 Å². The SMILES string of the molecule is COC1=C(Nc2ncc(Cl)c(Nc3ccccc3N(C)S(C)(=O)=O)n2)C=C2CCCC(N3CCC(F)(F)CC3)C=C2C1. The summed E-state index contributed by atoms with van der Waals surface area (Å²) in [5.74, 6) is -1.27. The number of nitrogens with one attached hydrogen (secondary N) is 2. The highest BCUT2D eigenvalue weighted by Crippen LogP contribution is 2.38. The summed E-state index contributed by atoms with van der Waals surface area (Å²) in [5.41, 5.74) is 4.01. The van der Waals surface area contributed by atoms with Crippen LogP contribution < -0.4 is 14.9 Å². The quantitative estimate of drug-likeness (QED) is 0.366. The molecule has 1 atom stereocenters. The minimum Gasteiger partial charge on any atom is -0.499 e. The Morgan fingerprint density at radius 1 is 1.17 bits per heavy atom. The van der Waals surface area contributed by atoms with Gasteiger partial charge in [0.25, 0.3) is 5.92 Å². The number of fused-ring (bicyclic) bond motifs is 1. The summed E-state index contributed by atoms with van der Waals surface area (Å²) in [6.07, 6.45) is 9.99. The molecule has 13 heteroatoms. The van der Waals surface area contributed by atoms with Crippen LogP contribution in [0.3, 0.4) is 0 Å². The second-order valence-electron chi connectivity index (χ2n) is 10.8. The number of nitrogens with zero attached hydrogens (tertiary/aromatic N) is 4. The smallest absolute Gasteiger partial charge is 0.250 e. The highest BCUT2D eigenvalue weighted by molar-refractivity contribution is 7.92. The van der Waals surface area contributed by atoms with Crippen LogP contribution in [0.25, 0.3) is 0 Å². The number of methoxy groups -OCH3 is 1. The number of para-hydroxylation sites is 2. The first kappa shape index (κ1) is 30.2. The summed E-state index contributed by atoms with van der Waals surface area (Å²) in [7, 11) is -0.404. The fourth-order valence-electron chi connectivity index (χ4n) is 5.50. The summed E-state index contributed by atoms with van der Waals surface area (Å²) in [6, 6.07) is 7.08. The molecule has 1 saturated heterocycles. The van der Waals surface area contributed by atoms with Crippen LogP contribution in [0.4, 0.5) is 31.9 Å². The summed E-state index contributed by atoms with van der Waals surface area (Å²) < 4.78 is 58.7. The molecule has 0 radical (unpaired) electrons. The van der Waals surface area contributed by atoms with Crippen LogP contribution in [0.5, 0.6) is 0 Å². The molecule has 2 heterocycles. The molecule has 1 aromatic carbocycles. The van der Waals surface area contributed by atoms with Gasteiger partial charge >= 0.3 is 0 Å². The largest absolute Gasteiger partial charge is 0.499 e. The number of benzene rings is 1. The van der Waals surface area contributed by atoms with E-state index in [1.54, 1.807) is 31.4 Å². The molecular weight excluding hydrogens is 586 g/mol. The van der Waals surface area contributed by atoms with Crippen molar-refractivity contribution in [3.8, 4) is 0 Å². The van der Waals surface area contributed by atoms with Crippen molar-refractivity contribution in [1.29, 1.82) is 0 Å². The molecule has 0 saturated carbocycles. The van der Waals surface area contributed by atoms with Crippen molar-refractivity contribution in [3.05, 3.63) is 70.2 Å². The summed E-state index contributed by atoms with van der Waals surface area (Å²) in [5, 5.41) is 6.66. The first-order valence-corrected chi connectivity index (χ1v) is 16.1. The highest BCUT2D eigenvalue weighted by atomic mass is 35.5. The number of aromatic nitrogens is 2. The fourth-order valence-corrected chi connectivity index (χ4v) is 6.15. The van der Waals surface area contributed by atoms with Crippen molar-refractivity contribution in [3.63, 3.8) is 0 Å². The van der Waals surface area contributed by atoms with E-state index < -0.39 is 15.9 Å². The third-order valence-electron chi connectivity index (χ3n) is 7.95. The Bertz CT molecular complexity index is 1540. The summed E-state index contributed by atoms with van der Waals surface area (Å²) in [6.45, 7) is 0.805. The zero-order chi connectivity index (χ0) is 30.1. The molecule has 0 spiro atoms. The molecule has 1 aromatic heterocycles. The van der Waals surface area contributed by atoms with Crippen molar-refractivity contribution < 1.29 is 21.9 Å². The molecule has 0 amide bonds. The number of piperidine rings is 1. The molecule has 0 bridgehead atoms. The molecular formula is C29H35ClF2N6O3S. The average Bonchev–Trinajstić information content (AvgIpc) is 3.15. The summed E-state index contributed by atoms with van der Waals surface area (Å²) >= 11 is 6.42. The maximum Gasteiger partial charge on any atom is 0.250 e. The minimum absolute atomic E-state index is 0.0927. The number of ether oxygens (including phenoxy) is 1. The van der Waals surface area contributed by atoms with E-state index in [0.717, 1.165) is 36.8 Å². The standard InChI is InChI=1S/C29H35ClF2N6O3S/c1-37(42(3,39)40)25-10-5-4-9-23(25)34-27-22(30)18-33-28(36-27)35-24-16-19-7-6-8-21(15-20(19)17-26(24)41-2)38-13-11-29(31,32)12-14-38/h4-5,9-10,15-16,18,21H,6-8,11-14,17H2,1-3H3,(H2,33,34,35,36). The Hall–Kier alpha value is -3.22. The van der Waals surface area contributed by atoms with Crippen LogP contribution >= 0.6 is 11.6 Å². The lowest BCUT2D eigenvalue weighted by molar-refractivity contribution is -0.0601. The molecule has 226 valence electrons. The van der Waals surface area contributed by atoms with Gasteiger partial charge in [0.15, 0.2) is 5.82 Å². The summed E-state index contributed by atoms with van der Waals surface area (Å²) in [4.78, 5) is 11.1. The lowest BCUT2D eigenvalue weighted by atomic mass is 9.92. The number of anilines is 4. The van der Waals surface area contributed by atoms with Crippen LogP contribution in [-0.2, 0) is 14.8 Å². The molecule has 5 rings (SSSR count). The first-order chi connectivity index (χ1) is 19.9. The van der Waals surface area contributed by atoms with E-state index in [-0.39, 0.29) is 29.9 Å². The maximum atomic E-state index is 13.7. The Kier molecular flexibility index (Phi) is 8.77. The number of hydrogen-bond donors (Lipinski definition) is 2. The van der Waals surface area contributed by atoms with Gasteiger partial charge in [0.2, 0.25) is 16.0 Å². The number of allylic oxidation sites excluding steroid dienone is 3. The van der Waals surface area contributed by atoms with Crippen molar-refractivity contribution in [1.82, 2.24) is 14.9 Å². The lowest BCUT2D eigenvalue weighted by Gasteiger charge is -2.36. The molecule has 2 aromatic rings. The number of likely N-dealkylation sites (tertiary alicyclic amines) is 1. The van der Waals surface area contributed by atoms with Gasteiger partial charge in [-0.15, -0.1) is 0 Å². The van der Waals surface area contributed by atoms with Gasteiger partial charge in [0, 0.05) is 45.4 Å². The predicted molar refractivity (Wildman–Crippen MR) is 162 cm³/mol. The Labute approximate surface area is 250 Å². The topological polar surface area (TPSA) is 99.7 Å². The zero-order valence-electron chi connectivity index (χ0n) is 23.8. The van der Waals surface area contributed by atoms with E-state index in [4.69, 9.17) is 16.3 Å². The first-order valence-electron chi connectivity index (χ1n) is 13.8. The van der Waals surface area contributed by atoms with E-state index in [2.05, 4.69) is 31.6 Å². The van der Waals surface area contributed by atoms with Gasteiger partial charge in [-0.2, -0.15) is 4.98 Å². The fraction of sp³-hybridized carbons (Fsp3) is 0.448. The van der Waals surface area contributed by atoms with E-state index >= 15 is 0 Å². The molecule has 9 nitrogen and oxygen atoms in total. The zero-order valence-corrected chi connectivity index (χ0v) is 25.4. The predicted octanol–water partition coefficient (Wildman–Crippen LogP) is 6.08. The van der Waals surface area contributed by atoms with Crippen molar-refractivity contribution in [2.75, 3.05) is 48.4 Å². The van der Waals surface area contributed by atoms with Crippen molar-refractivity contribution in [2.45, 2.75) is 50.5 Å². The van der Waals surface area contributed by atoms with Crippen LogP contribution in [0.1, 0.15) is 38.5 Å². The third kappa shape index (κ3) is 6.87. The number of hydrogen-bond acceptors (Lipinski definition) is 8. The van der Waals surface area contributed by atoms with E-state index in [9.17, 15) is 17.2 Å². The van der Waals surface area contributed by atoms with Gasteiger partial charge in [-0.1, -0.05) is 29.8 Å². The Morgan fingerprint density at radius 2 is 1.90 bits per heavy atom. The van der Waals surface area contributed by atoms with Gasteiger partial charge in [-0.05, 0) is 48.6 Å². The van der Waals surface area contributed by atoms with E-state index in [1.165, 1.54) is 23.1 Å². The van der Waals surface area contributed by atoms with E-state index in [0.29, 0.717) is 42.5 Å². The second kappa shape index (κ2) is 12.2. The molecule has 1 aliphatic heterocycles. The Balaban J connectivity index is 1.36. The third-order valence-corrected chi connectivity index (χ3v) is 9.42. The van der Waals surface area contributed by atoms with Crippen LogP contribution in [0, 0.1) is 0 Å². The molecule has 1 fully saturated rings. The van der Waals surface area contributed by atoms with Crippen LogP contribution in [0.2, 0.25) is 5.02 Å².